The fraction of sp³-hybridized carbons (Fsp3) is 0.385. The quantitative estimate of drug-likeness (QED) is 0.626. The lowest BCUT2D eigenvalue weighted by atomic mass is 9.87. The second-order valence-corrected chi connectivity index (χ2v) is 4.48. The summed E-state index contributed by atoms with van der Waals surface area (Å²) in [5, 5.41) is 9.14. The Kier molecular flexibility index (Phi) is 3.21. The zero-order valence-corrected chi connectivity index (χ0v) is 9.99. The van der Waals surface area contributed by atoms with Crippen molar-refractivity contribution in [3.05, 3.63) is 39.7 Å². The molecule has 3 heteroatoms. The molecule has 0 aliphatic heterocycles. The van der Waals surface area contributed by atoms with Gasteiger partial charge < -0.3 is 4.98 Å². The molecular weight excluding hydrogens is 216 g/mol. The number of nitrogens with zero attached hydrogens (tertiary/aromatic N) is 1. The fourth-order valence-electron chi connectivity index (χ4n) is 2.36. The van der Waals surface area contributed by atoms with E-state index in [1.165, 1.54) is 17.5 Å². The topological polar surface area (TPSA) is 39.6 Å². The van der Waals surface area contributed by atoms with Crippen molar-refractivity contribution in [3.63, 3.8) is 0 Å². The average molecular weight is 230 g/mol. The van der Waals surface area contributed by atoms with Crippen LogP contribution in [0.1, 0.15) is 35.2 Å². The first-order chi connectivity index (χ1) is 7.77. The van der Waals surface area contributed by atoms with Crippen molar-refractivity contribution < 1.29 is 0 Å². The van der Waals surface area contributed by atoms with Gasteiger partial charge in [-0.05, 0) is 36.8 Å². The molecule has 0 radical (unpaired) electrons. The smallest absolute Gasteiger partial charge is 0.121 e. The molecule has 1 N–H and O–H groups in total. The highest BCUT2D eigenvalue weighted by Gasteiger charge is 2.18. The lowest BCUT2D eigenvalue weighted by Crippen LogP contribution is -2.11. The highest BCUT2D eigenvalue weighted by atomic mass is 32.1. The van der Waals surface area contributed by atoms with E-state index in [2.05, 4.69) is 17.6 Å². The van der Waals surface area contributed by atoms with Gasteiger partial charge in [0.05, 0.1) is 5.56 Å². The molecule has 0 fully saturated rings. The molecule has 0 spiro atoms. The maximum absolute atomic E-state index is 9.14. The monoisotopic (exact) mass is 230 g/mol. The predicted octanol–water partition coefficient (Wildman–Crippen LogP) is 3.22. The highest BCUT2D eigenvalue weighted by molar-refractivity contribution is 7.71. The molecule has 1 aromatic heterocycles. The van der Waals surface area contributed by atoms with E-state index in [4.69, 9.17) is 17.5 Å². The number of aromatic amines is 1. The SMILES string of the molecule is C=CCc1[nH]c(=S)c(C#N)c2c1CCCC2. The van der Waals surface area contributed by atoms with Crippen LogP contribution in [-0.2, 0) is 19.3 Å². The number of hydrogen-bond donors (Lipinski definition) is 1. The minimum absolute atomic E-state index is 0.583. The molecule has 16 heavy (non-hydrogen) atoms. The van der Waals surface area contributed by atoms with E-state index >= 15 is 0 Å². The maximum Gasteiger partial charge on any atom is 0.121 e. The molecular formula is C13H14N2S. The second-order valence-electron chi connectivity index (χ2n) is 4.08. The molecule has 0 amide bonds. The van der Waals surface area contributed by atoms with E-state index in [1.54, 1.807) is 0 Å². The van der Waals surface area contributed by atoms with Crippen LogP contribution in [0, 0.1) is 16.0 Å². The summed E-state index contributed by atoms with van der Waals surface area (Å²) in [5.41, 5.74) is 4.30. The van der Waals surface area contributed by atoms with Crippen LogP contribution >= 0.6 is 12.2 Å². The van der Waals surface area contributed by atoms with Gasteiger partial charge in [0.25, 0.3) is 0 Å². The molecule has 0 saturated carbocycles. The van der Waals surface area contributed by atoms with Crippen molar-refractivity contribution in [3.8, 4) is 6.07 Å². The Bertz CT molecular complexity index is 520. The van der Waals surface area contributed by atoms with Gasteiger partial charge in [-0.25, -0.2) is 0 Å². The molecule has 2 rings (SSSR count). The van der Waals surface area contributed by atoms with Gasteiger partial charge in [0.1, 0.15) is 10.7 Å². The summed E-state index contributed by atoms with van der Waals surface area (Å²) in [5.74, 6) is 0. The van der Waals surface area contributed by atoms with Crippen LogP contribution in [0.2, 0.25) is 0 Å². The van der Waals surface area contributed by atoms with E-state index in [0.29, 0.717) is 10.2 Å². The molecule has 1 aliphatic rings. The molecule has 1 aliphatic carbocycles. The fourth-order valence-corrected chi connectivity index (χ4v) is 2.66. The summed E-state index contributed by atoms with van der Waals surface area (Å²) < 4.78 is 0.583. The van der Waals surface area contributed by atoms with Crippen molar-refractivity contribution in [1.82, 2.24) is 4.98 Å². The number of allylic oxidation sites excluding steroid dienone is 1. The lowest BCUT2D eigenvalue weighted by molar-refractivity contribution is 0.672. The van der Waals surface area contributed by atoms with Gasteiger partial charge in [-0.1, -0.05) is 18.3 Å². The molecule has 2 nitrogen and oxygen atoms in total. The number of hydrogen-bond acceptors (Lipinski definition) is 2. The molecule has 0 unspecified atom stereocenters. The van der Waals surface area contributed by atoms with Gasteiger partial charge in [-0.2, -0.15) is 5.26 Å². The first-order valence-corrected chi connectivity index (χ1v) is 5.96. The Hall–Kier alpha value is -1.40. The van der Waals surface area contributed by atoms with E-state index in [0.717, 1.165) is 31.4 Å². The van der Waals surface area contributed by atoms with Gasteiger partial charge in [0.15, 0.2) is 0 Å². The number of rotatable bonds is 2. The third-order valence-electron chi connectivity index (χ3n) is 3.09. The Balaban J connectivity index is 2.67. The Morgan fingerprint density at radius 2 is 2.06 bits per heavy atom. The minimum Gasteiger partial charge on any atom is -0.348 e. The van der Waals surface area contributed by atoms with Crippen LogP contribution in [0.25, 0.3) is 0 Å². The summed E-state index contributed by atoms with van der Waals surface area (Å²) in [6.07, 6.45) is 7.08. The Labute approximate surface area is 101 Å². The first-order valence-electron chi connectivity index (χ1n) is 5.55. The molecule has 1 aromatic rings. The number of aromatic nitrogens is 1. The van der Waals surface area contributed by atoms with E-state index in [1.807, 2.05) is 6.08 Å². The molecule has 0 atom stereocenters. The van der Waals surface area contributed by atoms with Crippen molar-refractivity contribution >= 4 is 12.2 Å². The van der Waals surface area contributed by atoms with Crippen molar-refractivity contribution in [1.29, 1.82) is 5.26 Å². The van der Waals surface area contributed by atoms with E-state index in [9.17, 15) is 0 Å². The zero-order valence-electron chi connectivity index (χ0n) is 9.18. The van der Waals surface area contributed by atoms with Crippen molar-refractivity contribution in [2.24, 2.45) is 0 Å². The van der Waals surface area contributed by atoms with Gasteiger partial charge in [0, 0.05) is 12.1 Å². The minimum atomic E-state index is 0.583. The lowest BCUT2D eigenvalue weighted by Gasteiger charge is -2.20. The molecule has 82 valence electrons. The summed E-state index contributed by atoms with van der Waals surface area (Å²) >= 11 is 5.23. The third-order valence-corrected chi connectivity index (χ3v) is 3.39. The summed E-state index contributed by atoms with van der Waals surface area (Å²) in [6, 6.07) is 2.23. The number of nitriles is 1. The third kappa shape index (κ3) is 1.81. The van der Waals surface area contributed by atoms with Crippen LogP contribution in [0.5, 0.6) is 0 Å². The number of fused-ring (bicyclic) bond motifs is 1. The molecule has 0 aromatic carbocycles. The van der Waals surface area contributed by atoms with Crippen LogP contribution in [-0.4, -0.2) is 4.98 Å². The number of nitrogens with one attached hydrogen (secondary N) is 1. The summed E-state index contributed by atoms with van der Waals surface area (Å²) in [6.45, 7) is 3.76. The Morgan fingerprint density at radius 1 is 1.38 bits per heavy atom. The van der Waals surface area contributed by atoms with E-state index < -0.39 is 0 Å². The largest absolute Gasteiger partial charge is 0.348 e. The number of H-pyrrole nitrogens is 1. The van der Waals surface area contributed by atoms with Gasteiger partial charge >= 0.3 is 0 Å². The first kappa shape index (κ1) is 11.1. The summed E-state index contributed by atoms with van der Waals surface area (Å²) in [4.78, 5) is 3.18. The second kappa shape index (κ2) is 4.63. The average Bonchev–Trinajstić information content (AvgIpc) is 2.30. The number of pyridine rings is 1. The van der Waals surface area contributed by atoms with Crippen molar-refractivity contribution in [2.45, 2.75) is 32.1 Å². The molecule has 0 saturated heterocycles. The summed E-state index contributed by atoms with van der Waals surface area (Å²) in [7, 11) is 0. The van der Waals surface area contributed by atoms with E-state index in [-0.39, 0.29) is 0 Å². The van der Waals surface area contributed by atoms with Crippen LogP contribution in [0.3, 0.4) is 0 Å². The Morgan fingerprint density at radius 3 is 2.69 bits per heavy atom. The van der Waals surface area contributed by atoms with Crippen molar-refractivity contribution in [2.75, 3.05) is 0 Å². The van der Waals surface area contributed by atoms with Crippen LogP contribution < -0.4 is 0 Å². The van der Waals surface area contributed by atoms with Gasteiger partial charge in [-0.15, -0.1) is 6.58 Å². The molecule has 1 heterocycles. The maximum atomic E-state index is 9.14. The molecule has 0 bridgehead atoms. The standard InChI is InChI=1S/C13H14N2S/c1-2-5-12-10-7-4-3-6-9(10)11(8-14)13(16)15-12/h2H,1,3-7H2,(H,15,16). The normalized spacial score (nSPS) is 13.9. The van der Waals surface area contributed by atoms with Gasteiger partial charge in [0.2, 0.25) is 0 Å². The van der Waals surface area contributed by atoms with Gasteiger partial charge in [-0.3, -0.25) is 0 Å². The predicted molar refractivity (Wildman–Crippen MR) is 66.9 cm³/mol. The zero-order chi connectivity index (χ0) is 11.5. The highest BCUT2D eigenvalue weighted by Crippen LogP contribution is 2.27. The van der Waals surface area contributed by atoms with Crippen LogP contribution in [0.4, 0.5) is 0 Å². The van der Waals surface area contributed by atoms with Crippen LogP contribution in [0.15, 0.2) is 12.7 Å².